The Bertz CT molecular complexity index is 961. The van der Waals surface area contributed by atoms with Crippen LogP contribution in [-0.2, 0) is 0 Å². The summed E-state index contributed by atoms with van der Waals surface area (Å²) in [5.41, 5.74) is 1.55. The molecule has 0 radical (unpaired) electrons. The van der Waals surface area contributed by atoms with Crippen LogP contribution in [0.25, 0.3) is 27.8 Å². The third kappa shape index (κ3) is 1.92. The van der Waals surface area contributed by atoms with Crippen LogP contribution in [-0.4, -0.2) is 19.5 Å². The summed E-state index contributed by atoms with van der Waals surface area (Å²) in [5, 5.41) is 12.5. The second-order valence-electron chi connectivity index (χ2n) is 4.76. The molecule has 0 saturated carbocycles. The van der Waals surface area contributed by atoms with Crippen molar-refractivity contribution in [2.24, 2.45) is 0 Å². The molecule has 4 aromatic rings. The molecule has 0 bridgehead atoms. The molecule has 0 amide bonds. The Kier molecular flexibility index (Phi) is 2.59. The molecule has 21 heavy (non-hydrogen) atoms. The second-order valence-corrected chi connectivity index (χ2v) is 5.20. The number of benzene rings is 2. The van der Waals surface area contributed by atoms with Gasteiger partial charge in [0.05, 0.1) is 0 Å². The van der Waals surface area contributed by atoms with Crippen LogP contribution in [0, 0.1) is 0 Å². The van der Waals surface area contributed by atoms with Crippen molar-refractivity contribution in [3.8, 4) is 17.4 Å². The highest BCUT2D eigenvalue weighted by Crippen LogP contribution is 2.27. The van der Waals surface area contributed by atoms with Gasteiger partial charge in [0.15, 0.2) is 11.5 Å². The largest absolute Gasteiger partial charge is 0.479 e. The summed E-state index contributed by atoms with van der Waals surface area (Å²) in [6.45, 7) is 0. The van der Waals surface area contributed by atoms with E-state index in [-0.39, 0.29) is 6.01 Å². The maximum atomic E-state index is 9.84. The third-order valence-corrected chi connectivity index (χ3v) is 3.69. The lowest BCUT2D eigenvalue weighted by Crippen LogP contribution is -1.97. The van der Waals surface area contributed by atoms with Crippen LogP contribution < -0.4 is 0 Å². The Labute approximate surface area is 125 Å². The highest BCUT2D eigenvalue weighted by atomic mass is 35.5. The number of hydrogen-bond donors (Lipinski definition) is 1. The minimum Gasteiger partial charge on any atom is -0.479 e. The van der Waals surface area contributed by atoms with E-state index in [0.717, 1.165) is 16.3 Å². The van der Waals surface area contributed by atoms with Crippen molar-refractivity contribution in [3.05, 3.63) is 59.8 Å². The number of aromatic nitrogens is 3. The molecule has 0 aliphatic rings. The molecule has 0 spiro atoms. The lowest BCUT2D eigenvalue weighted by atomic mass is 10.2. The molecule has 102 valence electrons. The SMILES string of the molecule is Oc1nc(-c2ccc(Cl)cc2)n2cc3ccccc3c2n1. The van der Waals surface area contributed by atoms with Gasteiger partial charge in [-0.1, -0.05) is 35.9 Å². The van der Waals surface area contributed by atoms with E-state index in [4.69, 9.17) is 11.6 Å². The van der Waals surface area contributed by atoms with Crippen LogP contribution in [0.15, 0.2) is 54.7 Å². The van der Waals surface area contributed by atoms with E-state index in [1.165, 1.54) is 0 Å². The van der Waals surface area contributed by atoms with Crippen molar-refractivity contribution in [1.82, 2.24) is 14.4 Å². The molecule has 0 atom stereocenters. The molecule has 2 aromatic carbocycles. The first kappa shape index (κ1) is 12.2. The van der Waals surface area contributed by atoms with Gasteiger partial charge in [0.25, 0.3) is 0 Å². The summed E-state index contributed by atoms with van der Waals surface area (Å²) in [6.07, 6.45) is 1.97. The van der Waals surface area contributed by atoms with E-state index >= 15 is 0 Å². The molecular formula is C16H10ClN3O. The quantitative estimate of drug-likeness (QED) is 0.579. The first-order valence-electron chi connectivity index (χ1n) is 6.45. The zero-order chi connectivity index (χ0) is 14.4. The average molecular weight is 296 g/mol. The first-order chi connectivity index (χ1) is 10.2. The van der Waals surface area contributed by atoms with Gasteiger partial charge in [-0.3, -0.25) is 4.40 Å². The molecule has 0 unspecified atom stereocenters. The Morgan fingerprint density at radius 1 is 0.952 bits per heavy atom. The normalized spacial score (nSPS) is 11.3. The van der Waals surface area contributed by atoms with E-state index in [2.05, 4.69) is 9.97 Å². The van der Waals surface area contributed by atoms with Gasteiger partial charge in [-0.05, 0) is 24.3 Å². The molecule has 0 fully saturated rings. The van der Waals surface area contributed by atoms with Gasteiger partial charge in [-0.25, -0.2) is 0 Å². The number of nitrogens with zero attached hydrogens (tertiary/aromatic N) is 3. The topological polar surface area (TPSA) is 50.4 Å². The van der Waals surface area contributed by atoms with Gasteiger partial charge in [0.1, 0.15) is 0 Å². The summed E-state index contributed by atoms with van der Waals surface area (Å²) in [4.78, 5) is 8.31. The van der Waals surface area contributed by atoms with E-state index in [1.54, 1.807) is 12.1 Å². The first-order valence-corrected chi connectivity index (χ1v) is 6.83. The molecule has 0 aliphatic carbocycles. The van der Waals surface area contributed by atoms with Crippen molar-refractivity contribution in [2.45, 2.75) is 0 Å². The van der Waals surface area contributed by atoms with Crippen LogP contribution in [0.5, 0.6) is 6.01 Å². The predicted molar refractivity (Wildman–Crippen MR) is 82.6 cm³/mol. The number of fused-ring (bicyclic) bond motifs is 3. The Hall–Kier alpha value is -2.59. The van der Waals surface area contributed by atoms with Crippen molar-refractivity contribution < 1.29 is 5.11 Å². The fourth-order valence-corrected chi connectivity index (χ4v) is 2.62. The summed E-state index contributed by atoms with van der Waals surface area (Å²) in [5.74, 6) is 0.630. The number of halogens is 1. The summed E-state index contributed by atoms with van der Waals surface area (Å²) < 4.78 is 1.88. The maximum Gasteiger partial charge on any atom is 0.317 e. The fraction of sp³-hybridized carbons (Fsp3) is 0. The lowest BCUT2D eigenvalue weighted by molar-refractivity contribution is 0.431. The number of hydrogen-bond acceptors (Lipinski definition) is 3. The van der Waals surface area contributed by atoms with Crippen molar-refractivity contribution in [1.29, 1.82) is 0 Å². The van der Waals surface area contributed by atoms with Gasteiger partial charge in [-0.2, -0.15) is 9.97 Å². The molecule has 4 nitrogen and oxygen atoms in total. The summed E-state index contributed by atoms with van der Waals surface area (Å²) in [7, 11) is 0. The molecule has 2 heterocycles. The van der Waals surface area contributed by atoms with Gasteiger partial charge in [0, 0.05) is 27.6 Å². The fourth-order valence-electron chi connectivity index (χ4n) is 2.49. The molecule has 0 aliphatic heterocycles. The Balaban J connectivity index is 2.10. The maximum absolute atomic E-state index is 9.84. The van der Waals surface area contributed by atoms with Crippen LogP contribution in [0.2, 0.25) is 5.02 Å². The number of aromatic hydroxyl groups is 1. The van der Waals surface area contributed by atoms with Crippen molar-refractivity contribution >= 4 is 28.0 Å². The monoisotopic (exact) mass is 295 g/mol. The van der Waals surface area contributed by atoms with E-state index < -0.39 is 0 Å². The highest BCUT2D eigenvalue weighted by molar-refractivity contribution is 6.30. The molecule has 4 rings (SSSR count). The van der Waals surface area contributed by atoms with Gasteiger partial charge in [0.2, 0.25) is 0 Å². The standard InChI is InChI=1S/C16H10ClN3O/c17-12-7-5-10(6-8-12)14-18-16(21)19-15-13-4-2-1-3-11(13)9-20(14)15/h1-9H,(H,19,21). The van der Waals surface area contributed by atoms with Gasteiger partial charge >= 0.3 is 6.01 Å². The highest BCUT2D eigenvalue weighted by Gasteiger charge is 2.12. The Morgan fingerprint density at radius 2 is 1.71 bits per heavy atom. The Morgan fingerprint density at radius 3 is 2.52 bits per heavy atom. The second kappa shape index (κ2) is 4.46. The molecule has 5 heteroatoms. The average Bonchev–Trinajstić information content (AvgIpc) is 2.86. The van der Waals surface area contributed by atoms with E-state index in [9.17, 15) is 5.11 Å². The zero-order valence-corrected chi connectivity index (χ0v) is 11.6. The minimum atomic E-state index is -0.240. The van der Waals surface area contributed by atoms with Crippen LogP contribution in [0.4, 0.5) is 0 Å². The molecule has 1 N–H and O–H groups in total. The van der Waals surface area contributed by atoms with E-state index in [1.807, 2.05) is 47.0 Å². The van der Waals surface area contributed by atoms with Gasteiger partial charge in [-0.15, -0.1) is 0 Å². The molecule has 0 saturated heterocycles. The summed E-state index contributed by atoms with van der Waals surface area (Å²) >= 11 is 5.92. The smallest absolute Gasteiger partial charge is 0.317 e. The van der Waals surface area contributed by atoms with Crippen molar-refractivity contribution in [2.75, 3.05) is 0 Å². The lowest BCUT2D eigenvalue weighted by Gasteiger charge is -2.05. The number of rotatable bonds is 1. The third-order valence-electron chi connectivity index (χ3n) is 3.44. The van der Waals surface area contributed by atoms with Crippen LogP contribution in [0.3, 0.4) is 0 Å². The van der Waals surface area contributed by atoms with E-state index in [0.29, 0.717) is 16.5 Å². The van der Waals surface area contributed by atoms with Crippen molar-refractivity contribution in [3.63, 3.8) is 0 Å². The predicted octanol–water partition coefficient (Wildman–Crippen LogP) is 3.91. The van der Waals surface area contributed by atoms with Gasteiger partial charge < -0.3 is 5.11 Å². The zero-order valence-electron chi connectivity index (χ0n) is 10.9. The van der Waals surface area contributed by atoms with Crippen LogP contribution >= 0.6 is 11.6 Å². The molecule has 2 aromatic heterocycles. The minimum absolute atomic E-state index is 0.240. The summed E-state index contributed by atoms with van der Waals surface area (Å²) in [6, 6.07) is 15.0. The molecular weight excluding hydrogens is 286 g/mol. The van der Waals surface area contributed by atoms with Crippen LogP contribution in [0.1, 0.15) is 0 Å².